The molecular formula is C13H18N2O2. The molecule has 1 aliphatic carbocycles. The number of hydrogen-bond acceptors (Lipinski definition) is 3. The highest BCUT2D eigenvalue weighted by Gasteiger charge is 2.31. The number of pyridine rings is 1. The second-order valence-corrected chi connectivity index (χ2v) is 5.17. The van der Waals surface area contributed by atoms with Gasteiger partial charge in [-0.15, -0.1) is 0 Å². The van der Waals surface area contributed by atoms with Crippen molar-refractivity contribution in [3.05, 3.63) is 23.4 Å². The van der Waals surface area contributed by atoms with Crippen molar-refractivity contribution in [3.63, 3.8) is 0 Å². The smallest absolute Gasteiger partial charge is 0.339 e. The minimum Gasteiger partial charge on any atom is -0.478 e. The van der Waals surface area contributed by atoms with Crippen LogP contribution < -0.4 is 5.32 Å². The molecule has 1 heterocycles. The quantitative estimate of drug-likeness (QED) is 0.840. The van der Waals surface area contributed by atoms with Crippen molar-refractivity contribution in [2.45, 2.75) is 33.1 Å². The Labute approximate surface area is 101 Å². The zero-order valence-electron chi connectivity index (χ0n) is 10.3. The first-order valence-electron chi connectivity index (χ1n) is 5.95. The van der Waals surface area contributed by atoms with Crippen LogP contribution in [0.2, 0.25) is 0 Å². The van der Waals surface area contributed by atoms with Crippen LogP contribution in [0.15, 0.2) is 12.3 Å². The summed E-state index contributed by atoms with van der Waals surface area (Å²) in [6.45, 7) is 4.81. The van der Waals surface area contributed by atoms with Crippen LogP contribution in [-0.2, 0) is 0 Å². The monoisotopic (exact) mass is 234 g/mol. The van der Waals surface area contributed by atoms with Gasteiger partial charge in [-0.25, -0.2) is 9.78 Å². The molecule has 1 aromatic heterocycles. The topological polar surface area (TPSA) is 62.2 Å². The maximum atomic E-state index is 11.2. The molecule has 4 nitrogen and oxygen atoms in total. The van der Waals surface area contributed by atoms with Gasteiger partial charge in [0.15, 0.2) is 0 Å². The predicted octanol–water partition coefficient (Wildman–Crippen LogP) is 2.69. The Balaban J connectivity index is 2.15. The number of hydrogen-bond donors (Lipinski definition) is 2. The van der Waals surface area contributed by atoms with E-state index in [-0.39, 0.29) is 5.56 Å². The minimum atomic E-state index is -0.920. The Morgan fingerprint density at radius 3 is 2.82 bits per heavy atom. The van der Waals surface area contributed by atoms with E-state index in [0.29, 0.717) is 11.2 Å². The van der Waals surface area contributed by atoms with Gasteiger partial charge < -0.3 is 10.4 Å². The van der Waals surface area contributed by atoms with E-state index in [1.807, 2.05) is 0 Å². The highest BCUT2D eigenvalue weighted by Crippen LogP contribution is 2.40. The molecule has 0 bridgehead atoms. The third kappa shape index (κ3) is 2.40. The average Bonchev–Trinajstić information content (AvgIpc) is 2.23. The van der Waals surface area contributed by atoms with Gasteiger partial charge >= 0.3 is 5.97 Å². The molecule has 2 rings (SSSR count). The molecule has 92 valence electrons. The largest absolute Gasteiger partial charge is 0.478 e. The third-order valence-corrected chi connectivity index (χ3v) is 3.62. The van der Waals surface area contributed by atoms with E-state index >= 15 is 0 Å². The first-order valence-corrected chi connectivity index (χ1v) is 5.95. The summed E-state index contributed by atoms with van der Waals surface area (Å²) in [6, 6.07) is 1.72. The average molecular weight is 234 g/mol. The summed E-state index contributed by atoms with van der Waals surface area (Å²) < 4.78 is 0. The van der Waals surface area contributed by atoms with Crippen LogP contribution in [0.5, 0.6) is 0 Å². The SMILES string of the molecule is Cc1ccnc(NCC2(C)CCC2)c1C(=O)O. The number of rotatable bonds is 4. The highest BCUT2D eigenvalue weighted by atomic mass is 16.4. The van der Waals surface area contributed by atoms with Crippen molar-refractivity contribution < 1.29 is 9.90 Å². The molecule has 0 aromatic carbocycles. The maximum absolute atomic E-state index is 11.2. The number of aryl methyl sites for hydroxylation is 1. The lowest BCUT2D eigenvalue weighted by Gasteiger charge is -2.38. The van der Waals surface area contributed by atoms with Crippen molar-refractivity contribution in [1.82, 2.24) is 4.98 Å². The van der Waals surface area contributed by atoms with Gasteiger partial charge in [0.05, 0.1) is 0 Å². The van der Waals surface area contributed by atoms with Crippen LogP contribution in [0.4, 0.5) is 5.82 Å². The summed E-state index contributed by atoms with van der Waals surface area (Å²) in [5.41, 5.74) is 1.34. The Bertz CT molecular complexity index is 439. The molecule has 2 N–H and O–H groups in total. The van der Waals surface area contributed by atoms with E-state index < -0.39 is 5.97 Å². The molecule has 0 amide bonds. The van der Waals surface area contributed by atoms with Gasteiger partial charge in [0, 0.05) is 12.7 Å². The number of aromatic nitrogens is 1. The highest BCUT2D eigenvalue weighted by molar-refractivity contribution is 5.94. The molecule has 1 saturated carbocycles. The summed E-state index contributed by atoms with van der Waals surface area (Å²) in [6.07, 6.45) is 5.32. The first kappa shape index (κ1) is 11.9. The normalized spacial score (nSPS) is 17.3. The van der Waals surface area contributed by atoms with E-state index in [0.717, 1.165) is 12.1 Å². The standard InChI is InChI=1S/C13H18N2O2/c1-9-4-7-14-11(10(9)12(16)17)15-8-13(2)5-3-6-13/h4,7H,3,5-6,8H2,1-2H3,(H,14,15)(H,16,17). The lowest BCUT2D eigenvalue weighted by Crippen LogP contribution is -2.33. The molecule has 0 aliphatic heterocycles. The van der Waals surface area contributed by atoms with Gasteiger partial charge in [-0.1, -0.05) is 13.3 Å². The van der Waals surface area contributed by atoms with Gasteiger partial charge in [0.2, 0.25) is 0 Å². The maximum Gasteiger partial charge on any atom is 0.339 e. The number of nitrogens with zero attached hydrogens (tertiary/aromatic N) is 1. The molecule has 1 fully saturated rings. The molecular weight excluding hydrogens is 216 g/mol. The zero-order chi connectivity index (χ0) is 12.5. The molecule has 0 spiro atoms. The summed E-state index contributed by atoms with van der Waals surface area (Å²) >= 11 is 0. The summed E-state index contributed by atoms with van der Waals surface area (Å²) in [5.74, 6) is -0.428. The number of nitrogens with one attached hydrogen (secondary N) is 1. The van der Waals surface area contributed by atoms with E-state index in [1.165, 1.54) is 19.3 Å². The fraction of sp³-hybridized carbons (Fsp3) is 0.538. The Morgan fingerprint density at radius 2 is 2.29 bits per heavy atom. The van der Waals surface area contributed by atoms with Crippen LogP contribution in [0.25, 0.3) is 0 Å². The van der Waals surface area contributed by atoms with Crippen LogP contribution in [0.3, 0.4) is 0 Å². The molecule has 0 saturated heterocycles. The van der Waals surface area contributed by atoms with Crippen LogP contribution in [0.1, 0.15) is 42.1 Å². The van der Waals surface area contributed by atoms with Gasteiger partial charge in [0.25, 0.3) is 0 Å². The van der Waals surface area contributed by atoms with Crippen molar-refractivity contribution in [2.75, 3.05) is 11.9 Å². The van der Waals surface area contributed by atoms with Crippen molar-refractivity contribution in [1.29, 1.82) is 0 Å². The molecule has 0 radical (unpaired) electrons. The van der Waals surface area contributed by atoms with Crippen LogP contribution in [-0.4, -0.2) is 22.6 Å². The number of carboxylic acid groups (broad SMARTS) is 1. The molecule has 1 aromatic rings. The predicted molar refractivity (Wildman–Crippen MR) is 66.4 cm³/mol. The lowest BCUT2D eigenvalue weighted by atomic mass is 9.70. The fourth-order valence-electron chi connectivity index (χ4n) is 2.22. The van der Waals surface area contributed by atoms with Gasteiger partial charge in [-0.2, -0.15) is 0 Å². The van der Waals surface area contributed by atoms with E-state index in [4.69, 9.17) is 5.11 Å². The van der Waals surface area contributed by atoms with E-state index in [1.54, 1.807) is 19.2 Å². The number of carbonyl (C=O) groups is 1. The van der Waals surface area contributed by atoms with Gasteiger partial charge in [0.1, 0.15) is 11.4 Å². The molecule has 0 atom stereocenters. The number of carboxylic acids is 1. The molecule has 0 unspecified atom stereocenters. The lowest BCUT2D eigenvalue weighted by molar-refractivity contribution is 0.0696. The summed E-state index contributed by atoms with van der Waals surface area (Å²) in [4.78, 5) is 15.3. The fourth-order valence-corrected chi connectivity index (χ4v) is 2.22. The second kappa shape index (κ2) is 4.35. The van der Waals surface area contributed by atoms with E-state index in [9.17, 15) is 4.79 Å². The van der Waals surface area contributed by atoms with Gasteiger partial charge in [-0.3, -0.25) is 0 Å². The summed E-state index contributed by atoms with van der Waals surface area (Å²) in [5, 5.41) is 12.4. The molecule has 4 heteroatoms. The van der Waals surface area contributed by atoms with Crippen LogP contribution >= 0.6 is 0 Å². The van der Waals surface area contributed by atoms with Gasteiger partial charge in [-0.05, 0) is 36.8 Å². The minimum absolute atomic E-state index is 0.287. The Morgan fingerprint density at radius 1 is 1.59 bits per heavy atom. The van der Waals surface area contributed by atoms with Crippen molar-refractivity contribution in [2.24, 2.45) is 5.41 Å². The third-order valence-electron chi connectivity index (χ3n) is 3.62. The molecule has 17 heavy (non-hydrogen) atoms. The Hall–Kier alpha value is -1.58. The first-order chi connectivity index (χ1) is 8.02. The van der Waals surface area contributed by atoms with E-state index in [2.05, 4.69) is 17.2 Å². The number of aromatic carboxylic acids is 1. The summed E-state index contributed by atoms with van der Waals surface area (Å²) in [7, 11) is 0. The molecule has 1 aliphatic rings. The second-order valence-electron chi connectivity index (χ2n) is 5.17. The number of anilines is 1. The Kier molecular flexibility index (Phi) is 3.05. The van der Waals surface area contributed by atoms with Crippen molar-refractivity contribution >= 4 is 11.8 Å². The zero-order valence-corrected chi connectivity index (χ0v) is 10.3. The van der Waals surface area contributed by atoms with Crippen molar-refractivity contribution in [3.8, 4) is 0 Å². The van der Waals surface area contributed by atoms with Crippen LogP contribution in [0, 0.1) is 12.3 Å².